The van der Waals surface area contributed by atoms with Crippen LogP contribution in [0.3, 0.4) is 0 Å². The minimum atomic E-state index is -0.431. The molecule has 1 aromatic carbocycles. The number of hydrogen-bond donors (Lipinski definition) is 1. The van der Waals surface area contributed by atoms with Gasteiger partial charge in [-0.25, -0.2) is 4.39 Å². The van der Waals surface area contributed by atoms with E-state index in [0.717, 1.165) is 16.9 Å². The monoisotopic (exact) mass is 374 g/mol. The molecule has 0 saturated carbocycles. The van der Waals surface area contributed by atoms with Gasteiger partial charge >= 0.3 is 0 Å². The Hall–Kier alpha value is -2.21. The van der Waals surface area contributed by atoms with Crippen molar-refractivity contribution in [2.24, 2.45) is 5.92 Å². The minimum absolute atomic E-state index is 0.0572. The molecule has 1 heterocycles. The number of fused-ring (bicyclic) bond motifs is 1. The number of benzene rings is 1. The number of halogens is 1. The maximum absolute atomic E-state index is 13.7. The zero-order valence-electron chi connectivity index (χ0n) is 15.0. The van der Waals surface area contributed by atoms with Crippen LogP contribution in [0.2, 0.25) is 0 Å². The third-order valence-corrected chi connectivity index (χ3v) is 6.07. The SMILES string of the molecule is CCN(CC)C(=O)c1cc2c(s1)CC[C@@H](C(=O)Nc1ccccc1F)C2. The van der Waals surface area contributed by atoms with Gasteiger partial charge in [0.25, 0.3) is 5.91 Å². The molecule has 1 aliphatic carbocycles. The number of para-hydroxylation sites is 1. The Labute approximate surface area is 157 Å². The Morgan fingerprint density at radius 3 is 2.69 bits per heavy atom. The molecule has 0 spiro atoms. The van der Waals surface area contributed by atoms with Gasteiger partial charge < -0.3 is 10.2 Å². The van der Waals surface area contributed by atoms with E-state index in [2.05, 4.69) is 5.32 Å². The van der Waals surface area contributed by atoms with Crippen LogP contribution in [0.15, 0.2) is 30.3 Å². The fourth-order valence-corrected chi connectivity index (χ4v) is 4.49. The number of carbonyl (C=O) groups is 2. The predicted molar refractivity (Wildman–Crippen MR) is 102 cm³/mol. The molecular formula is C20H23FN2O2S. The second kappa shape index (κ2) is 7.99. The molecular weight excluding hydrogens is 351 g/mol. The average molecular weight is 374 g/mol. The van der Waals surface area contributed by atoms with Crippen molar-refractivity contribution in [2.75, 3.05) is 18.4 Å². The molecule has 0 bridgehead atoms. The molecule has 0 unspecified atom stereocenters. The van der Waals surface area contributed by atoms with E-state index < -0.39 is 5.82 Å². The zero-order valence-corrected chi connectivity index (χ0v) is 15.9. The number of amides is 2. The van der Waals surface area contributed by atoms with E-state index in [1.165, 1.54) is 22.3 Å². The van der Waals surface area contributed by atoms with Gasteiger partial charge in [-0.15, -0.1) is 11.3 Å². The van der Waals surface area contributed by atoms with E-state index in [4.69, 9.17) is 0 Å². The largest absolute Gasteiger partial charge is 0.339 e. The lowest BCUT2D eigenvalue weighted by Gasteiger charge is -2.21. The van der Waals surface area contributed by atoms with E-state index in [0.29, 0.717) is 25.9 Å². The lowest BCUT2D eigenvalue weighted by atomic mass is 9.87. The molecule has 4 nitrogen and oxygen atoms in total. The Morgan fingerprint density at radius 2 is 2.00 bits per heavy atom. The molecule has 2 amide bonds. The van der Waals surface area contributed by atoms with Gasteiger partial charge in [-0.1, -0.05) is 12.1 Å². The van der Waals surface area contributed by atoms with Gasteiger partial charge in [-0.05, 0) is 56.9 Å². The van der Waals surface area contributed by atoms with Crippen molar-refractivity contribution < 1.29 is 14.0 Å². The highest BCUT2D eigenvalue weighted by atomic mass is 32.1. The molecule has 3 rings (SSSR count). The summed E-state index contributed by atoms with van der Waals surface area (Å²) in [5.41, 5.74) is 1.29. The molecule has 138 valence electrons. The maximum Gasteiger partial charge on any atom is 0.263 e. The van der Waals surface area contributed by atoms with Crippen molar-refractivity contribution in [1.29, 1.82) is 0 Å². The van der Waals surface area contributed by atoms with Crippen molar-refractivity contribution in [1.82, 2.24) is 4.90 Å². The standard InChI is InChI=1S/C20H23FN2O2S/c1-3-23(4-2)20(25)18-12-14-11-13(9-10-17(14)26-18)19(24)22-16-8-6-5-7-15(16)21/h5-8,12-13H,3-4,9-11H2,1-2H3,(H,22,24)/t13-/m1/s1. The number of anilines is 1. The molecule has 26 heavy (non-hydrogen) atoms. The van der Waals surface area contributed by atoms with Gasteiger partial charge in [0.15, 0.2) is 0 Å². The Morgan fingerprint density at radius 1 is 1.27 bits per heavy atom. The van der Waals surface area contributed by atoms with Gasteiger partial charge in [-0.3, -0.25) is 9.59 Å². The van der Waals surface area contributed by atoms with E-state index in [1.807, 2.05) is 19.9 Å². The Kier molecular flexibility index (Phi) is 5.71. The van der Waals surface area contributed by atoms with Gasteiger partial charge in [0.2, 0.25) is 5.91 Å². The molecule has 0 aliphatic heterocycles. The quantitative estimate of drug-likeness (QED) is 0.856. The molecule has 0 fully saturated rings. The van der Waals surface area contributed by atoms with Crippen LogP contribution in [-0.2, 0) is 17.6 Å². The summed E-state index contributed by atoms with van der Waals surface area (Å²) in [5, 5.41) is 2.69. The Balaban J connectivity index is 1.70. The first-order valence-electron chi connectivity index (χ1n) is 8.99. The van der Waals surface area contributed by atoms with Crippen LogP contribution < -0.4 is 5.32 Å². The van der Waals surface area contributed by atoms with Crippen molar-refractivity contribution in [3.05, 3.63) is 51.5 Å². The Bertz CT molecular complexity index is 814. The first-order chi connectivity index (χ1) is 12.5. The highest BCUT2D eigenvalue weighted by Crippen LogP contribution is 2.33. The number of nitrogens with one attached hydrogen (secondary N) is 1. The molecule has 1 aliphatic rings. The third kappa shape index (κ3) is 3.80. The van der Waals surface area contributed by atoms with Crippen molar-refractivity contribution >= 4 is 28.8 Å². The summed E-state index contributed by atoms with van der Waals surface area (Å²) in [5.74, 6) is -0.738. The van der Waals surface area contributed by atoms with Gasteiger partial charge in [0.1, 0.15) is 5.82 Å². The summed E-state index contributed by atoms with van der Waals surface area (Å²) in [6.45, 7) is 5.31. The summed E-state index contributed by atoms with van der Waals surface area (Å²) in [4.78, 5) is 28.8. The van der Waals surface area contributed by atoms with Gasteiger partial charge in [0, 0.05) is 23.9 Å². The van der Waals surface area contributed by atoms with E-state index in [9.17, 15) is 14.0 Å². The summed E-state index contributed by atoms with van der Waals surface area (Å²) in [7, 11) is 0. The smallest absolute Gasteiger partial charge is 0.263 e. The fraction of sp³-hybridized carbons (Fsp3) is 0.400. The second-order valence-corrected chi connectivity index (χ2v) is 7.58. The predicted octanol–water partition coefficient (Wildman–Crippen LogP) is 4.11. The van der Waals surface area contributed by atoms with Gasteiger partial charge in [-0.2, -0.15) is 0 Å². The summed E-state index contributed by atoms with van der Waals surface area (Å²) >= 11 is 1.54. The van der Waals surface area contributed by atoms with Crippen LogP contribution in [0.4, 0.5) is 10.1 Å². The van der Waals surface area contributed by atoms with Crippen LogP contribution in [0.1, 0.15) is 40.4 Å². The lowest BCUT2D eigenvalue weighted by molar-refractivity contribution is -0.120. The zero-order chi connectivity index (χ0) is 18.7. The average Bonchev–Trinajstić information content (AvgIpc) is 3.07. The van der Waals surface area contributed by atoms with E-state index in [1.54, 1.807) is 23.1 Å². The molecule has 0 saturated heterocycles. The summed E-state index contributed by atoms with van der Waals surface area (Å²) < 4.78 is 13.7. The lowest BCUT2D eigenvalue weighted by Crippen LogP contribution is -2.29. The number of nitrogens with zero attached hydrogens (tertiary/aromatic N) is 1. The molecule has 1 atom stereocenters. The molecule has 1 aromatic heterocycles. The van der Waals surface area contributed by atoms with Crippen LogP contribution in [0.5, 0.6) is 0 Å². The highest BCUT2D eigenvalue weighted by molar-refractivity contribution is 7.14. The van der Waals surface area contributed by atoms with Gasteiger partial charge in [0.05, 0.1) is 10.6 Å². The van der Waals surface area contributed by atoms with Crippen molar-refractivity contribution in [3.8, 4) is 0 Å². The number of aryl methyl sites for hydroxylation is 1. The number of rotatable bonds is 5. The summed E-state index contributed by atoms with van der Waals surface area (Å²) in [6.07, 6.45) is 2.09. The third-order valence-electron chi connectivity index (χ3n) is 4.85. The van der Waals surface area contributed by atoms with Crippen LogP contribution in [0.25, 0.3) is 0 Å². The first kappa shape index (κ1) is 18.6. The molecule has 6 heteroatoms. The van der Waals surface area contributed by atoms with Crippen LogP contribution >= 0.6 is 11.3 Å². The first-order valence-corrected chi connectivity index (χ1v) is 9.81. The molecule has 0 radical (unpaired) electrons. The number of carbonyl (C=O) groups excluding carboxylic acids is 2. The molecule has 1 N–H and O–H groups in total. The minimum Gasteiger partial charge on any atom is -0.339 e. The van der Waals surface area contributed by atoms with E-state index >= 15 is 0 Å². The number of thiophene rings is 1. The number of hydrogen-bond acceptors (Lipinski definition) is 3. The molecule has 2 aromatic rings. The second-order valence-electron chi connectivity index (χ2n) is 6.45. The van der Waals surface area contributed by atoms with E-state index in [-0.39, 0.29) is 23.4 Å². The van der Waals surface area contributed by atoms with Crippen LogP contribution in [-0.4, -0.2) is 29.8 Å². The van der Waals surface area contributed by atoms with Crippen molar-refractivity contribution in [3.63, 3.8) is 0 Å². The van der Waals surface area contributed by atoms with Crippen LogP contribution in [0, 0.1) is 11.7 Å². The topological polar surface area (TPSA) is 49.4 Å². The van der Waals surface area contributed by atoms with Crippen molar-refractivity contribution in [2.45, 2.75) is 33.1 Å². The normalized spacial score (nSPS) is 16.0. The summed E-state index contributed by atoms with van der Waals surface area (Å²) in [6, 6.07) is 8.12. The maximum atomic E-state index is 13.7. The highest BCUT2D eigenvalue weighted by Gasteiger charge is 2.28. The fourth-order valence-electron chi connectivity index (χ4n) is 3.32.